The van der Waals surface area contributed by atoms with E-state index in [0.717, 1.165) is 22.1 Å². The third-order valence-electron chi connectivity index (χ3n) is 5.13. The number of phenolic OH excluding ortho intramolecular Hbond substituents is 1. The minimum absolute atomic E-state index is 0.0134. The lowest BCUT2D eigenvalue weighted by Gasteiger charge is -2.08. The van der Waals surface area contributed by atoms with Crippen LogP contribution in [0, 0.1) is 18.6 Å². The number of hydrogen-bond acceptors (Lipinski definition) is 4. The van der Waals surface area contributed by atoms with Crippen LogP contribution < -0.4 is 0 Å². The number of carboxylic acid groups (broad SMARTS) is 1. The Balaban J connectivity index is 1.75. The van der Waals surface area contributed by atoms with Gasteiger partial charge in [0.15, 0.2) is 17.4 Å². The topological polar surface area (TPSA) is 74.6 Å². The van der Waals surface area contributed by atoms with Crippen molar-refractivity contribution >= 4 is 33.9 Å². The number of aromatic hydroxyl groups is 1. The van der Waals surface area contributed by atoms with Gasteiger partial charge in [0.2, 0.25) is 0 Å². The average Bonchev–Trinajstić information content (AvgIpc) is 3.15. The molecule has 0 unspecified atom stereocenters. The van der Waals surface area contributed by atoms with Crippen molar-refractivity contribution in [3.05, 3.63) is 87.1 Å². The van der Waals surface area contributed by atoms with Crippen LogP contribution in [0.3, 0.4) is 0 Å². The number of benzene rings is 3. The summed E-state index contributed by atoms with van der Waals surface area (Å²) in [4.78, 5) is 25.0. The SMILES string of the molecule is Cc1ccc(-c2csc(CC(=O)c3cc4ccccc4cc3O)c2C(=O)O)c(F)c1F. The maximum Gasteiger partial charge on any atom is 0.337 e. The second-order valence-corrected chi connectivity index (χ2v) is 8.09. The highest BCUT2D eigenvalue weighted by Crippen LogP contribution is 2.36. The summed E-state index contributed by atoms with van der Waals surface area (Å²) >= 11 is 0.978. The number of halogens is 2. The highest BCUT2D eigenvalue weighted by molar-refractivity contribution is 7.11. The number of phenols is 1. The number of rotatable bonds is 5. The minimum Gasteiger partial charge on any atom is -0.507 e. The summed E-state index contributed by atoms with van der Waals surface area (Å²) in [5.41, 5.74) is -0.239. The Morgan fingerprint density at radius 2 is 1.65 bits per heavy atom. The second-order valence-electron chi connectivity index (χ2n) is 7.13. The largest absolute Gasteiger partial charge is 0.507 e. The van der Waals surface area contributed by atoms with Gasteiger partial charge in [-0.1, -0.05) is 36.4 Å². The Morgan fingerprint density at radius 3 is 2.32 bits per heavy atom. The zero-order valence-corrected chi connectivity index (χ0v) is 17.1. The lowest BCUT2D eigenvalue weighted by atomic mass is 9.97. The highest BCUT2D eigenvalue weighted by atomic mass is 32.1. The van der Waals surface area contributed by atoms with Gasteiger partial charge in [0.25, 0.3) is 0 Å². The molecule has 3 aromatic carbocycles. The molecule has 156 valence electrons. The maximum absolute atomic E-state index is 14.5. The van der Waals surface area contributed by atoms with E-state index in [1.807, 2.05) is 6.07 Å². The predicted molar refractivity (Wildman–Crippen MR) is 115 cm³/mol. The molecule has 1 heterocycles. The lowest BCUT2D eigenvalue weighted by molar-refractivity contribution is 0.0697. The summed E-state index contributed by atoms with van der Waals surface area (Å²) in [5, 5.41) is 22.9. The molecule has 2 N–H and O–H groups in total. The van der Waals surface area contributed by atoms with Crippen LogP contribution in [0.2, 0.25) is 0 Å². The molecule has 0 saturated heterocycles. The Hall–Kier alpha value is -3.58. The van der Waals surface area contributed by atoms with E-state index in [4.69, 9.17) is 0 Å². The number of carboxylic acids is 1. The maximum atomic E-state index is 14.5. The van der Waals surface area contributed by atoms with Crippen molar-refractivity contribution in [2.45, 2.75) is 13.3 Å². The monoisotopic (exact) mass is 438 g/mol. The molecule has 7 heteroatoms. The number of carbonyl (C=O) groups excluding carboxylic acids is 1. The van der Waals surface area contributed by atoms with Crippen molar-refractivity contribution in [3.8, 4) is 16.9 Å². The van der Waals surface area contributed by atoms with Crippen molar-refractivity contribution in [2.24, 2.45) is 0 Å². The van der Waals surface area contributed by atoms with Gasteiger partial charge >= 0.3 is 5.97 Å². The summed E-state index contributed by atoms with van der Waals surface area (Å²) in [6, 6.07) is 12.9. The third kappa shape index (κ3) is 3.68. The number of aromatic carboxylic acids is 1. The van der Waals surface area contributed by atoms with Gasteiger partial charge < -0.3 is 10.2 Å². The van der Waals surface area contributed by atoms with Gasteiger partial charge in [0, 0.05) is 22.4 Å². The summed E-state index contributed by atoms with van der Waals surface area (Å²) in [6.45, 7) is 1.41. The van der Waals surface area contributed by atoms with Gasteiger partial charge in [-0.25, -0.2) is 13.6 Å². The van der Waals surface area contributed by atoms with E-state index in [1.54, 1.807) is 24.3 Å². The van der Waals surface area contributed by atoms with E-state index in [-0.39, 0.29) is 44.9 Å². The number of hydrogen-bond donors (Lipinski definition) is 2. The Bertz CT molecular complexity index is 1360. The van der Waals surface area contributed by atoms with Crippen molar-refractivity contribution in [2.75, 3.05) is 0 Å². The van der Waals surface area contributed by atoms with Gasteiger partial charge in [-0.15, -0.1) is 11.3 Å². The van der Waals surface area contributed by atoms with Crippen molar-refractivity contribution in [1.29, 1.82) is 0 Å². The molecule has 0 aliphatic heterocycles. The average molecular weight is 438 g/mol. The number of Topliss-reactive ketones (excluding diaryl/α,β-unsaturated/α-hetero) is 1. The van der Waals surface area contributed by atoms with E-state index in [9.17, 15) is 28.6 Å². The van der Waals surface area contributed by atoms with Gasteiger partial charge in [0.1, 0.15) is 5.75 Å². The van der Waals surface area contributed by atoms with E-state index in [0.29, 0.717) is 0 Å². The Kier molecular flexibility index (Phi) is 5.29. The van der Waals surface area contributed by atoms with Gasteiger partial charge in [-0.3, -0.25) is 4.79 Å². The molecule has 4 rings (SSSR count). The fourth-order valence-electron chi connectivity index (χ4n) is 3.51. The Morgan fingerprint density at radius 1 is 0.968 bits per heavy atom. The zero-order valence-electron chi connectivity index (χ0n) is 16.3. The van der Waals surface area contributed by atoms with Crippen LogP contribution in [0.1, 0.15) is 31.2 Å². The summed E-state index contributed by atoms with van der Waals surface area (Å²) in [5.74, 6) is -4.20. The number of ketones is 1. The molecular weight excluding hydrogens is 422 g/mol. The molecule has 0 saturated carbocycles. The van der Waals surface area contributed by atoms with E-state index < -0.39 is 23.4 Å². The van der Waals surface area contributed by atoms with Crippen molar-refractivity contribution in [3.63, 3.8) is 0 Å². The van der Waals surface area contributed by atoms with Gasteiger partial charge in [-0.2, -0.15) is 0 Å². The minimum atomic E-state index is -1.35. The van der Waals surface area contributed by atoms with Crippen LogP contribution in [0.5, 0.6) is 5.75 Å². The first-order valence-electron chi connectivity index (χ1n) is 9.31. The zero-order chi connectivity index (χ0) is 22.3. The Labute approximate surface area is 180 Å². The highest BCUT2D eigenvalue weighted by Gasteiger charge is 2.25. The molecule has 4 aromatic rings. The number of fused-ring (bicyclic) bond motifs is 1. The predicted octanol–water partition coefficient (Wildman–Crippen LogP) is 5.98. The van der Waals surface area contributed by atoms with Gasteiger partial charge in [0.05, 0.1) is 11.1 Å². The van der Waals surface area contributed by atoms with Crippen molar-refractivity contribution < 1.29 is 28.6 Å². The third-order valence-corrected chi connectivity index (χ3v) is 6.12. The van der Waals surface area contributed by atoms with Crippen molar-refractivity contribution in [1.82, 2.24) is 0 Å². The van der Waals surface area contributed by atoms with Crippen LogP contribution in [-0.2, 0) is 6.42 Å². The lowest BCUT2D eigenvalue weighted by Crippen LogP contribution is -2.08. The molecule has 0 radical (unpaired) electrons. The smallest absolute Gasteiger partial charge is 0.337 e. The first-order chi connectivity index (χ1) is 14.8. The van der Waals surface area contributed by atoms with E-state index >= 15 is 0 Å². The van der Waals surface area contributed by atoms with Crippen LogP contribution >= 0.6 is 11.3 Å². The van der Waals surface area contributed by atoms with Crippen LogP contribution in [0.25, 0.3) is 21.9 Å². The molecule has 0 aliphatic rings. The summed E-state index contributed by atoms with van der Waals surface area (Å²) in [7, 11) is 0. The molecule has 0 spiro atoms. The summed E-state index contributed by atoms with van der Waals surface area (Å²) < 4.78 is 28.5. The quantitative estimate of drug-likeness (QED) is 0.376. The second kappa shape index (κ2) is 7.92. The fourth-order valence-corrected chi connectivity index (χ4v) is 4.54. The molecule has 4 nitrogen and oxygen atoms in total. The molecule has 0 bridgehead atoms. The van der Waals surface area contributed by atoms with Gasteiger partial charge in [-0.05, 0) is 40.8 Å². The van der Waals surface area contributed by atoms with Crippen LogP contribution in [-0.4, -0.2) is 22.0 Å². The molecular formula is C24H16F2O4S. The molecule has 0 fully saturated rings. The molecule has 0 amide bonds. The molecule has 1 aromatic heterocycles. The summed E-state index contributed by atoms with van der Waals surface area (Å²) in [6.07, 6.45) is -0.297. The standard InChI is InChI=1S/C24H16F2O4S/c1-12-6-7-15(23(26)22(12)25)17-11-31-20(21(17)24(29)30)10-19(28)16-8-13-4-2-3-5-14(13)9-18(16)27/h2-9,11,27H,10H2,1H3,(H,29,30). The van der Waals surface area contributed by atoms with E-state index in [2.05, 4.69) is 0 Å². The first kappa shape index (κ1) is 20.7. The number of aryl methyl sites for hydroxylation is 1. The fraction of sp³-hybridized carbons (Fsp3) is 0.0833. The molecule has 31 heavy (non-hydrogen) atoms. The normalized spacial score (nSPS) is 11.1. The number of thiophene rings is 1. The molecule has 0 atom stereocenters. The van der Waals surface area contributed by atoms with E-state index in [1.165, 1.54) is 30.5 Å². The first-order valence-corrected chi connectivity index (χ1v) is 10.2. The number of carbonyl (C=O) groups is 2. The van der Waals surface area contributed by atoms with Crippen LogP contribution in [0.15, 0.2) is 53.9 Å². The van der Waals surface area contributed by atoms with Crippen LogP contribution in [0.4, 0.5) is 8.78 Å². The molecule has 0 aliphatic carbocycles.